The van der Waals surface area contributed by atoms with Crippen LogP contribution < -0.4 is 0 Å². The molecule has 9 rings (SSSR count). The third-order valence-corrected chi connectivity index (χ3v) is 9.42. The molecule has 9 aromatic rings. The SMILES string of the molecule is N#Cc1cccc(-c2ccc3c4ccccc4n(-c4ccc(-c5ccc(F)cc5F)cc4-c4nc(-c5ccccc5)nc(-c5ccccc5)n4)c3c2)c1. The molecule has 0 aliphatic rings. The molecule has 0 saturated carbocycles. The smallest absolute Gasteiger partial charge is 0.166 e. The van der Waals surface area contributed by atoms with E-state index in [-0.39, 0.29) is 5.56 Å². The average Bonchev–Trinajstić information content (AvgIpc) is 3.54. The lowest BCUT2D eigenvalue weighted by atomic mass is 10.00. The number of para-hydroxylation sites is 1. The molecule has 0 bridgehead atoms. The first-order valence-corrected chi connectivity index (χ1v) is 17.0. The molecule has 7 aromatic carbocycles. The van der Waals surface area contributed by atoms with Crippen LogP contribution in [0.2, 0.25) is 0 Å². The molecule has 0 aliphatic heterocycles. The van der Waals surface area contributed by atoms with Crippen molar-refractivity contribution in [3.05, 3.63) is 181 Å². The van der Waals surface area contributed by atoms with E-state index in [9.17, 15) is 9.65 Å². The zero-order valence-corrected chi connectivity index (χ0v) is 28.1. The molecule has 0 N–H and O–H groups in total. The number of nitrogens with zero attached hydrogens (tertiary/aromatic N) is 5. The molecule has 0 amide bonds. The number of aromatic nitrogens is 4. The molecule has 2 aromatic heterocycles. The van der Waals surface area contributed by atoms with Crippen molar-refractivity contribution >= 4 is 21.8 Å². The van der Waals surface area contributed by atoms with E-state index in [1.54, 1.807) is 6.07 Å². The number of fused-ring (bicyclic) bond motifs is 3. The van der Waals surface area contributed by atoms with Gasteiger partial charge in [-0.25, -0.2) is 23.7 Å². The summed E-state index contributed by atoms with van der Waals surface area (Å²) in [5.74, 6) is 0.0412. The number of hydrogen-bond donors (Lipinski definition) is 0. The van der Waals surface area contributed by atoms with Crippen molar-refractivity contribution in [1.82, 2.24) is 19.5 Å². The van der Waals surface area contributed by atoms with Gasteiger partial charge in [-0.15, -0.1) is 0 Å². The van der Waals surface area contributed by atoms with Crippen LogP contribution in [0.25, 0.3) is 83.9 Å². The van der Waals surface area contributed by atoms with E-state index in [2.05, 4.69) is 41.0 Å². The maximum absolute atomic E-state index is 15.4. The van der Waals surface area contributed by atoms with E-state index in [0.717, 1.165) is 55.8 Å². The monoisotopic (exact) mass is 687 g/mol. The van der Waals surface area contributed by atoms with Crippen molar-refractivity contribution in [2.75, 3.05) is 0 Å². The van der Waals surface area contributed by atoms with E-state index < -0.39 is 11.6 Å². The fraction of sp³-hybridized carbons (Fsp3) is 0. The Labute approximate surface area is 303 Å². The van der Waals surface area contributed by atoms with Crippen LogP contribution in [-0.4, -0.2) is 19.5 Å². The van der Waals surface area contributed by atoms with E-state index in [1.807, 2.05) is 109 Å². The quantitative estimate of drug-likeness (QED) is 0.174. The Bertz CT molecular complexity index is 2820. The summed E-state index contributed by atoms with van der Waals surface area (Å²) in [6, 6.07) is 53.0. The minimum absolute atomic E-state index is 0.252. The van der Waals surface area contributed by atoms with Gasteiger partial charge < -0.3 is 4.57 Å². The van der Waals surface area contributed by atoms with Crippen LogP contribution in [0.5, 0.6) is 0 Å². The largest absolute Gasteiger partial charge is 0.308 e. The summed E-state index contributed by atoms with van der Waals surface area (Å²) >= 11 is 0. The number of hydrogen-bond acceptors (Lipinski definition) is 4. The molecule has 0 atom stereocenters. The highest BCUT2D eigenvalue weighted by Gasteiger charge is 2.21. The number of benzene rings is 7. The molecule has 2 heterocycles. The highest BCUT2D eigenvalue weighted by Crippen LogP contribution is 2.40. The van der Waals surface area contributed by atoms with Gasteiger partial charge in [0.1, 0.15) is 11.6 Å². The predicted molar refractivity (Wildman–Crippen MR) is 206 cm³/mol. The first kappa shape index (κ1) is 31.7. The van der Waals surface area contributed by atoms with Crippen LogP contribution >= 0.6 is 0 Å². The molecular weight excluding hydrogens is 661 g/mol. The minimum atomic E-state index is -0.671. The molecule has 0 spiro atoms. The summed E-state index contributed by atoms with van der Waals surface area (Å²) in [5, 5.41) is 11.7. The zero-order chi connectivity index (χ0) is 35.9. The predicted octanol–water partition coefficient (Wildman–Crippen LogP) is 11.5. The lowest BCUT2D eigenvalue weighted by Crippen LogP contribution is -2.04. The Hall–Kier alpha value is -7.30. The van der Waals surface area contributed by atoms with Crippen LogP contribution in [0.4, 0.5) is 8.78 Å². The summed E-state index contributed by atoms with van der Waals surface area (Å²) in [4.78, 5) is 15.0. The third-order valence-electron chi connectivity index (χ3n) is 9.42. The molecule has 0 saturated heterocycles. The second-order valence-electron chi connectivity index (χ2n) is 12.7. The second kappa shape index (κ2) is 13.1. The Balaban J connectivity index is 1.36. The maximum atomic E-state index is 15.4. The van der Waals surface area contributed by atoms with Crippen molar-refractivity contribution in [2.24, 2.45) is 0 Å². The Kier molecular flexibility index (Phi) is 7.83. The summed E-state index contributed by atoms with van der Waals surface area (Å²) in [6.45, 7) is 0. The second-order valence-corrected chi connectivity index (χ2v) is 12.7. The normalized spacial score (nSPS) is 11.2. The Morgan fingerprint density at radius 2 is 1.08 bits per heavy atom. The standard InChI is InChI=1S/C46H27F2N5/c47-35-20-22-36(40(48)27-35)34-19-23-42(39(25-34)46-51-44(30-11-3-1-4-12-30)50-45(52-46)31-13-5-2-6-14-31)53-41-17-8-7-16-37(41)38-21-18-33(26-43(38)53)32-15-9-10-29(24-32)28-49/h1-27H. The molecule has 0 unspecified atom stereocenters. The van der Waals surface area contributed by atoms with Gasteiger partial charge in [-0.2, -0.15) is 5.26 Å². The summed E-state index contributed by atoms with van der Waals surface area (Å²) in [6.07, 6.45) is 0. The van der Waals surface area contributed by atoms with E-state index in [0.29, 0.717) is 34.2 Å². The molecule has 0 aliphatic carbocycles. The summed E-state index contributed by atoms with van der Waals surface area (Å²) in [5.41, 5.74) is 8.13. The average molecular weight is 688 g/mol. The van der Waals surface area contributed by atoms with Crippen LogP contribution in [0.1, 0.15) is 5.56 Å². The third kappa shape index (κ3) is 5.78. The molecular formula is C46H27F2N5. The number of rotatable bonds is 6. The van der Waals surface area contributed by atoms with Gasteiger partial charge in [-0.05, 0) is 65.2 Å². The van der Waals surface area contributed by atoms with Gasteiger partial charge >= 0.3 is 0 Å². The highest BCUT2D eigenvalue weighted by molar-refractivity contribution is 6.10. The van der Waals surface area contributed by atoms with E-state index in [1.165, 1.54) is 12.1 Å². The highest BCUT2D eigenvalue weighted by atomic mass is 19.1. The fourth-order valence-electron chi connectivity index (χ4n) is 6.91. The summed E-state index contributed by atoms with van der Waals surface area (Å²) in [7, 11) is 0. The van der Waals surface area contributed by atoms with Crippen molar-refractivity contribution < 1.29 is 8.78 Å². The first-order valence-electron chi connectivity index (χ1n) is 17.0. The van der Waals surface area contributed by atoms with Gasteiger partial charge in [0.2, 0.25) is 0 Å². The molecule has 0 radical (unpaired) electrons. The van der Waals surface area contributed by atoms with Crippen molar-refractivity contribution in [2.45, 2.75) is 0 Å². The van der Waals surface area contributed by atoms with Crippen LogP contribution in [0.3, 0.4) is 0 Å². The molecule has 53 heavy (non-hydrogen) atoms. The van der Waals surface area contributed by atoms with Gasteiger partial charge in [-0.1, -0.05) is 109 Å². The minimum Gasteiger partial charge on any atom is -0.308 e. The lowest BCUT2D eigenvalue weighted by molar-refractivity contribution is 0.585. The van der Waals surface area contributed by atoms with Gasteiger partial charge in [0.25, 0.3) is 0 Å². The maximum Gasteiger partial charge on any atom is 0.166 e. The van der Waals surface area contributed by atoms with Crippen molar-refractivity contribution in [3.63, 3.8) is 0 Å². The van der Waals surface area contributed by atoms with Crippen molar-refractivity contribution in [1.29, 1.82) is 5.26 Å². The van der Waals surface area contributed by atoms with E-state index in [4.69, 9.17) is 15.0 Å². The van der Waals surface area contributed by atoms with Crippen molar-refractivity contribution in [3.8, 4) is 68.2 Å². The van der Waals surface area contributed by atoms with Gasteiger partial charge in [0, 0.05) is 39.1 Å². The lowest BCUT2D eigenvalue weighted by Gasteiger charge is -2.17. The van der Waals surface area contributed by atoms with E-state index >= 15 is 4.39 Å². The van der Waals surface area contributed by atoms with Crippen LogP contribution in [0, 0.1) is 23.0 Å². The fourth-order valence-corrected chi connectivity index (χ4v) is 6.91. The van der Waals surface area contributed by atoms with Crippen LogP contribution in [0.15, 0.2) is 164 Å². The first-order chi connectivity index (χ1) is 26.0. The molecule has 7 heteroatoms. The Morgan fingerprint density at radius 1 is 0.453 bits per heavy atom. The van der Waals surface area contributed by atoms with Crippen LogP contribution in [-0.2, 0) is 0 Å². The topological polar surface area (TPSA) is 67.4 Å². The summed E-state index contributed by atoms with van der Waals surface area (Å²) < 4.78 is 31.6. The number of halogens is 2. The number of nitriles is 1. The van der Waals surface area contributed by atoms with Gasteiger partial charge in [0.05, 0.1) is 28.4 Å². The molecule has 0 fully saturated rings. The van der Waals surface area contributed by atoms with Gasteiger partial charge in [0.15, 0.2) is 17.5 Å². The molecule has 5 nitrogen and oxygen atoms in total. The van der Waals surface area contributed by atoms with Gasteiger partial charge in [-0.3, -0.25) is 0 Å². The Morgan fingerprint density at radius 3 is 1.79 bits per heavy atom. The molecule has 250 valence electrons. The zero-order valence-electron chi connectivity index (χ0n) is 28.1.